The molecule has 0 saturated carbocycles. The Morgan fingerprint density at radius 1 is 1.36 bits per heavy atom. The molecule has 1 aromatic rings. The Hall–Kier alpha value is -1.15. The van der Waals surface area contributed by atoms with E-state index in [0.29, 0.717) is 5.56 Å². The highest BCUT2D eigenvalue weighted by molar-refractivity contribution is 5.99. The highest BCUT2D eigenvalue weighted by Gasteiger charge is 2.20. The van der Waals surface area contributed by atoms with Gasteiger partial charge < -0.3 is 5.11 Å². The average molecular weight is 192 g/mol. The van der Waals surface area contributed by atoms with Gasteiger partial charge in [0.2, 0.25) is 0 Å². The molecule has 0 aliphatic heterocycles. The van der Waals surface area contributed by atoms with E-state index in [9.17, 15) is 9.90 Å². The first-order chi connectivity index (χ1) is 6.52. The standard InChI is InChI=1S/C12H16O2/c1-8(2)11(13)12(14)10-6-4-5-9(3)7-10/h4-8,11,13H,1-3H3. The van der Waals surface area contributed by atoms with E-state index in [1.807, 2.05) is 32.9 Å². The maximum absolute atomic E-state index is 11.7. The number of Topliss-reactive ketones (excluding diaryl/α,β-unsaturated/α-hetero) is 1. The van der Waals surface area contributed by atoms with Crippen LogP contribution in [0.1, 0.15) is 29.8 Å². The molecule has 0 heterocycles. The summed E-state index contributed by atoms with van der Waals surface area (Å²) in [5, 5.41) is 9.59. The number of aliphatic hydroxyl groups excluding tert-OH is 1. The molecule has 76 valence electrons. The van der Waals surface area contributed by atoms with E-state index in [-0.39, 0.29) is 11.7 Å². The second-order valence-electron chi connectivity index (χ2n) is 3.92. The third-order valence-corrected chi connectivity index (χ3v) is 2.20. The van der Waals surface area contributed by atoms with Gasteiger partial charge in [-0.15, -0.1) is 0 Å². The largest absolute Gasteiger partial charge is 0.385 e. The van der Waals surface area contributed by atoms with Gasteiger partial charge >= 0.3 is 0 Å². The first kappa shape index (κ1) is 10.9. The van der Waals surface area contributed by atoms with E-state index < -0.39 is 6.10 Å². The molecule has 0 spiro atoms. The summed E-state index contributed by atoms with van der Waals surface area (Å²) in [7, 11) is 0. The van der Waals surface area contributed by atoms with Crippen LogP contribution in [0.2, 0.25) is 0 Å². The first-order valence-electron chi connectivity index (χ1n) is 4.81. The van der Waals surface area contributed by atoms with Crippen molar-refractivity contribution in [1.29, 1.82) is 0 Å². The van der Waals surface area contributed by atoms with E-state index in [4.69, 9.17) is 0 Å². The van der Waals surface area contributed by atoms with Crippen molar-refractivity contribution in [3.63, 3.8) is 0 Å². The number of hydrogen-bond acceptors (Lipinski definition) is 2. The maximum atomic E-state index is 11.7. The number of hydrogen-bond donors (Lipinski definition) is 1. The van der Waals surface area contributed by atoms with Crippen molar-refractivity contribution >= 4 is 5.78 Å². The van der Waals surface area contributed by atoms with Crippen molar-refractivity contribution in [2.24, 2.45) is 5.92 Å². The van der Waals surface area contributed by atoms with Gasteiger partial charge in [-0.05, 0) is 18.9 Å². The zero-order valence-corrected chi connectivity index (χ0v) is 8.82. The fourth-order valence-electron chi connectivity index (χ4n) is 1.27. The van der Waals surface area contributed by atoms with Crippen LogP contribution in [0.25, 0.3) is 0 Å². The van der Waals surface area contributed by atoms with Crippen molar-refractivity contribution in [3.8, 4) is 0 Å². The molecule has 14 heavy (non-hydrogen) atoms. The summed E-state index contributed by atoms with van der Waals surface area (Å²) in [6, 6.07) is 7.29. The molecule has 2 heteroatoms. The van der Waals surface area contributed by atoms with Crippen LogP contribution in [-0.2, 0) is 0 Å². The fourth-order valence-corrected chi connectivity index (χ4v) is 1.27. The van der Waals surface area contributed by atoms with Crippen LogP contribution < -0.4 is 0 Å². The Morgan fingerprint density at radius 3 is 2.50 bits per heavy atom. The number of aliphatic hydroxyl groups is 1. The lowest BCUT2D eigenvalue weighted by Gasteiger charge is -2.13. The number of rotatable bonds is 3. The van der Waals surface area contributed by atoms with E-state index >= 15 is 0 Å². The number of carbonyl (C=O) groups excluding carboxylic acids is 1. The lowest BCUT2D eigenvalue weighted by Crippen LogP contribution is -2.26. The summed E-state index contributed by atoms with van der Waals surface area (Å²) in [6.07, 6.45) is -0.892. The zero-order chi connectivity index (χ0) is 10.7. The summed E-state index contributed by atoms with van der Waals surface area (Å²) in [5.74, 6) is -0.230. The van der Waals surface area contributed by atoms with Gasteiger partial charge in [0.1, 0.15) is 6.10 Å². The summed E-state index contributed by atoms with van der Waals surface area (Å²) < 4.78 is 0. The SMILES string of the molecule is Cc1cccc(C(=O)C(O)C(C)C)c1. The van der Waals surface area contributed by atoms with Gasteiger partial charge in [-0.1, -0.05) is 37.6 Å². The van der Waals surface area contributed by atoms with E-state index in [2.05, 4.69) is 0 Å². The van der Waals surface area contributed by atoms with Crippen molar-refractivity contribution in [2.45, 2.75) is 26.9 Å². The molecule has 1 aromatic carbocycles. The molecule has 0 fully saturated rings. The lowest BCUT2D eigenvalue weighted by molar-refractivity contribution is 0.0648. The van der Waals surface area contributed by atoms with Gasteiger partial charge in [-0.3, -0.25) is 4.79 Å². The molecule has 1 rings (SSSR count). The first-order valence-corrected chi connectivity index (χ1v) is 4.81. The van der Waals surface area contributed by atoms with Gasteiger partial charge in [0.05, 0.1) is 0 Å². The number of aryl methyl sites for hydroxylation is 1. The molecular weight excluding hydrogens is 176 g/mol. The van der Waals surface area contributed by atoms with Crippen LogP contribution in [0.5, 0.6) is 0 Å². The molecule has 0 saturated heterocycles. The molecule has 1 atom stereocenters. The minimum atomic E-state index is -0.892. The quantitative estimate of drug-likeness (QED) is 0.745. The Balaban J connectivity index is 2.89. The lowest BCUT2D eigenvalue weighted by atomic mass is 9.97. The second kappa shape index (κ2) is 4.38. The number of benzene rings is 1. The summed E-state index contributed by atoms with van der Waals surface area (Å²) in [4.78, 5) is 11.7. The van der Waals surface area contributed by atoms with E-state index in [0.717, 1.165) is 5.56 Å². The van der Waals surface area contributed by atoms with Crippen molar-refractivity contribution in [2.75, 3.05) is 0 Å². The predicted octanol–water partition coefficient (Wildman–Crippen LogP) is 2.19. The molecule has 0 bridgehead atoms. The Morgan fingerprint density at radius 2 is 2.00 bits per heavy atom. The summed E-state index contributed by atoms with van der Waals surface area (Å²) >= 11 is 0. The Bertz CT molecular complexity index is 329. The van der Waals surface area contributed by atoms with Gasteiger partial charge in [0.25, 0.3) is 0 Å². The summed E-state index contributed by atoms with van der Waals surface area (Å²) in [5.41, 5.74) is 1.62. The monoisotopic (exact) mass is 192 g/mol. The van der Waals surface area contributed by atoms with Crippen LogP contribution in [0.4, 0.5) is 0 Å². The van der Waals surface area contributed by atoms with Gasteiger partial charge in [-0.2, -0.15) is 0 Å². The molecule has 0 radical (unpaired) electrons. The van der Waals surface area contributed by atoms with Crippen LogP contribution >= 0.6 is 0 Å². The van der Waals surface area contributed by atoms with Gasteiger partial charge in [-0.25, -0.2) is 0 Å². The summed E-state index contributed by atoms with van der Waals surface area (Å²) in [6.45, 7) is 5.59. The van der Waals surface area contributed by atoms with Crippen LogP contribution in [-0.4, -0.2) is 17.0 Å². The topological polar surface area (TPSA) is 37.3 Å². The molecule has 1 unspecified atom stereocenters. The van der Waals surface area contributed by atoms with Crippen molar-refractivity contribution in [1.82, 2.24) is 0 Å². The minimum Gasteiger partial charge on any atom is -0.385 e. The van der Waals surface area contributed by atoms with Gasteiger partial charge in [0, 0.05) is 5.56 Å². The number of carbonyl (C=O) groups is 1. The fraction of sp³-hybridized carbons (Fsp3) is 0.417. The Labute approximate surface area is 84.6 Å². The third-order valence-electron chi connectivity index (χ3n) is 2.20. The zero-order valence-electron chi connectivity index (χ0n) is 8.82. The average Bonchev–Trinajstić information content (AvgIpc) is 2.15. The van der Waals surface area contributed by atoms with Crippen LogP contribution in [0.15, 0.2) is 24.3 Å². The third kappa shape index (κ3) is 2.42. The molecule has 0 aliphatic rings. The van der Waals surface area contributed by atoms with E-state index in [1.54, 1.807) is 12.1 Å². The maximum Gasteiger partial charge on any atom is 0.191 e. The highest BCUT2D eigenvalue weighted by Crippen LogP contribution is 2.11. The molecule has 1 N–H and O–H groups in total. The smallest absolute Gasteiger partial charge is 0.191 e. The number of ketones is 1. The van der Waals surface area contributed by atoms with Crippen molar-refractivity contribution in [3.05, 3.63) is 35.4 Å². The van der Waals surface area contributed by atoms with Crippen molar-refractivity contribution < 1.29 is 9.90 Å². The predicted molar refractivity (Wildman–Crippen MR) is 56.4 cm³/mol. The highest BCUT2D eigenvalue weighted by atomic mass is 16.3. The molecule has 0 aliphatic carbocycles. The van der Waals surface area contributed by atoms with Crippen LogP contribution in [0.3, 0.4) is 0 Å². The van der Waals surface area contributed by atoms with Gasteiger partial charge in [0.15, 0.2) is 5.78 Å². The molecule has 2 nitrogen and oxygen atoms in total. The molecule has 0 aromatic heterocycles. The molecular formula is C12H16O2. The minimum absolute atomic E-state index is 0.0389. The Kier molecular flexibility index (Phi) is 3.42. The second-order valence-corrected chi connectivity index (χ2v) is 3.92. The molecule has 0 amide bonds. The normalized spacial score (nSPS) is 12.9. The van der Waals surface area contributed by atoms with E-state index in [1.165, 1.54) is 0 Å². The van der Waals surface area contributed by atoms with Crippen LogP contribution in [0, 0.1) is 12.8 Å².